The topological polar surface area (TPSA) is 29.1 Å². The molecule has 0 saturated carbocycles. The number of halogens is 1. The van der Waals surface area contributed by atoms with Gasteiger partial charge in [0.25, 0.3) is 5.91 Å². The van der Waals surface area contributed by atoms with Gasteiger partial charge in [-0.2, -0.15) is 0 Å². The Bertz CT molecular complexity index is 603. The zero-order valence-electron chi connectivity index (χ0n) is 11.3. The number of hydrogen-bond acceptors (Lipinski definition) is 1. The van der Waals surface area contributed by atoms with Crippen molar-refractivity contribution in [1.82, 2.24) is 5.32 Å². The van der Waals surface area contributed by atoms with Crippen molar-refractivity contribution in [3.8, 4) is 0 Å². The van der Waals surface area contributed by atoms with E-state index in [0.29, 0.717) is 12.1 Å². The summed E-state index contributed by atoms with van der Waals surface area (Å²) in [7, 11) is 0. The van der Waals surface area contributed by atoms with Gasteiger partial charge in [0.15, 0.2) is 0 Å². The molecule has 20 heavy (non-hydrogen) atoms. The second-order valence-corrected chi connectivity index (χ2v) is 5.51. The van der Waals surface area contributed by atoms with E-state index in [1.807, 2.05) is 61.5 Å². The molecular weight excluding hydrogens is 314 g/mol. The maximum absolute atomic E-state index is 11.9. The first-order valence-corrected chi connectivity index (χ1v) is 7.20. The third kappa shape index (κ3) is 4.35. The Hall–Kier alpha value is -1.87. The first kappa shape index (κ1) is 14.5. The number of nitrogens with one attached hydrogen (secondary N) is 1. The lowest BCUT2D eigenvalue weighted by Crippen LogP contribution is -2.24. The largest absolute Gasteiger partial charge is 0.348 e. The third-order valence-corrected chi connectivity index (χ3v) is 3.38. The predicted molar refractivity (Wildman–Crippen MR) is 86.6 cm³/mol. The van der Waals surface area contributed by atoms with Crippen molar-refractivity contribution in [3.05, 3.63) is 75.8 Å². The molecule has 0 atom stereocenters. The molecule has 0 aliphatic heterocycles. The lowest BCUT2D eigenvalue weighted by molar-refractivity contribution is 0.0957. The van der Waals surface area contributed by atoms with Crippen LogP contribution in [-0.2, 0) is 0 Å². The molecule has 102 valence electrons. The van der Waals surface area contributed by atoms with Gasteiger partial charge in [0.2, 0.25) is 0 Å². The van der Waals surface area contributed by atoms with Crippen LogP contribution in [0.15, 0.2) is 64.6 Å². The fourth-order valence-electron chi connectivity index (χ4n) is 1.81. The molecule has 0 aromatic heterocycles. The Morgan fingerprint density at radius 3 is 2.40 bits per heavy atom. The minimum atomic E-state index is -0.0471. The monoisotopic (exact) mass is 329 g/mol. The third-order valence-electron chi connectivity index (χ3n) is 2.85. The Kier molecular flexibility index (Phi) is 5.13. The van der Waals surface area contributed by atoms with E-state index in [9.17, 15) is 4.79 Å². The molecule has 2 aromatic carbocycles. The summed E-state index contributed by atoms with van der Waals surface area (Å²) in [6.07, 6.45) is 2.07. The van der Waals surface area contributed by atoms with Crippen LogP contribution in [0.3, 0.4) is 0 Å². The molecule has 0 aliphatic carbocycles. The molecule has 0 aliphatic rings. The van der Waals surface area contributed by atoms with Crippen LogP contribution in [0.25, 0.3) is 6.08 Å². The molecule has 2 aromatic rings. The normalized spacial score (nSPS) is 11.2. The predicted octanol–water partition coefficient (Wildman–Crippen LogP) is 4.28. The van der Waals surface area contributed by atoms with E-state index in [0.717, 1.165) is 15.6 Å². The van der Waals surface area contributed by atoms with E-state index in [2.05, 4.69) is 27.3 Å². The highest BCUT2D eigenvalue weighted by molar-refractivity contribution is 9.10. The van der Waals surface area contributed by atoms with Crippen molar-refractivity contribution in [2.45, 2.75) is 6.92 Å². The summed E-state index contributed by atoms with van der Waals surface area (Å²) in [6, 6.07) is 17.3. The molecular formula is C17H16BrNO. The van der Waals surface area contributed by atoms with E-state index in [-0.39, 0.29) is 5.91 Å². The molecule has 2 rings (SSSR count). The van der Waals surface area contributed by atoms with Gasteiger partial charge in [0, 0.05) is 16.6 Å². The van der Waals surface area contributed by atoms with Gasteiger partial charge in [-0.25, -0.2) is 0 Å². The number of carbonyl (C=O) groups excluding carboxylic acids is 1. The van der Waals surface area contributed by atoms with Gasteiger partial charge >= 0.3 is 0 Å². The van der Waals surface area contributed by atoms with Gasteiger partial charge in [-0.3, -0.25) is 4.79 Å². The van der Waals surface area contributed by atoms with Crippen LogP contribution in [-0.4, -0.2) is 12.5 Å². The average molecular weight is 330 g/mol. The number of benzene rings is 2. The molecule has 0 heterocycles. The van der Waals surface area contributed by atoms with E-state index >= 15 is 0 Å². The molecule has 0 saturated heterocycles. The van der Waals surface area contributed by atoms with E-state index < -0.39 is 0 Å². The minimum Gasteiger partial charge on any atom is -0.348 e. The standard InChI is InChI=1S/C17H16BrNO/c1-13(11-14-7-9-16(18)10-8-14)12-19-17(20)15-5-3-2-4-6-15/h2-11H,12H2,1H3,(H,19,20)/b13-11+. The number of hydrogen-bond donors (Lipinski definition) is 1. The van der Waals surface area contributed by atoms with E-state index in [4.69, 9.17) is 0 Å². The van der Waals surface area contributed by atoms with Crippen molar-refractivity contribution in [1.29, 1.82) is 0 Å². The molecule has 0 radical (unpaired) electrons. The highest BCUT2D eigenvalue weighted by Gasteiger charge is 2.03. The molecule has 3 heteroatoms. The second-order valence-electron chi connectivity index (χ2n) is 4.59. The smallest absolute Gasteiger partial charge is 0.251 e. The molecule has 2 nitrogen and oxygen atoms in total. The minimum absolute atomic E-state index is 0.0471. The zero-order chi connectivity index (χ0) is 14.4. The molecule has 1 amide bonds. The summed E-state index contributed by atoms with van der Waals surface area (Å²) in [5, 5.41) is 2.91. The van der Waals surface area contributed by atoms with Gasteiger partial charge < -0.3 is 5.32 Å². The Labute approximate surface area is 127 Å². The molecule has 0 bridgehead atoms. The highest BCUT2D eigenvalue weighted by Crippen LogP contribution is 2.13. The van der Waals surface area contributed by atoms with Gasteiger partial charge in [-0.05, 0) is 36.8 Å². The van der Waals surface area contributed by atoms with Crippen molar-refractivity contribution in [2.24, 2.45) is 0 Å². The number of carbonyl (C=O) groups is 1. The molecule has 1 N–H and O–H groups in total. The quantitative estimate of drug-likeness (QED) is 0.891. The average Bonchev–Trinajstić information content (AvgIpc) is 2.48. The summed E-state index contributed by atoms with van der Waals surface area (Å²) >= 11 is 3.41. The number of amides is 1. The SMILES string of the molecule is C/C(=C\c1ccc(Br)cc1)CNC(=O)c1ccccc1. The van der Waals surface area contributed by atoms with Crippen LogP contribution in [0.1, 0.15) is 22.8 Å². The molecule has 0 spiro atoms. The fraction of sp³-hybridized carbons (Fsp3) is 0.118. The van der Waals surface area contributed by atoms with Crippen LogP contribution in [0.5, 0.6) is 0 Å². The zero-order valence-corrected chi connectivity index (χ0v) is 12.9. The molecule has 0 unspecified atom stereocenters. The summed E-state index contributed by atoms with van der Waals surface area (Å²) in [5.74, 6) is -0.0471. The van der Waals surface area contributed by atoms with Crippen LogP contribution >= 0.6 is 15.9 Å². The Morgan fingerprint density at radius 1 is 1.10 bits per heavy atom. The lowest BCUT2D eigenvalue weighted by atomic mass is 10.1. The van der Waals surface area contributed by atoms with Crippen molar-refractivity contribution in [3.63, 3.8) is 0 Å². The Morgan fingerprint density at radius 2 is 1.75 bits per heavy atom. The van der Waals surface area contributed by atoms with E-state index in [1.165, 1.54) is 0 Å². The van der Waals surface area contributed by atoms with Crippen LogP contribution in [0.2, 0.25) is 0 Å². The summed E-state index contributed by atoms with van der Waals surface area (Å²) in [5.41, 5.74) is 2.92. The summed E-state index contributed by atoms with van der Waals surface area (Å²) < 4.78 is 1.06. The summed E-state index contributed by atoms with van der Waals surface area (Å²) in [4.78, 5) is 11.9. The van der Waals surface area contributed by atoms with Gasteiger partial charge in [-0.1, -0.05) is 57.9 Å². The first-order chi connectivity index (χ1) is 9.65. The first-order valence-electron chi connectivity index (χ1n) is 6.41. The van der Waals surface area contributed by atoms with Crippen molar-refractivity contribution in [2.75, 3.05) is 6.54 Å². The Balaban J connectivity index is 1.93. The van der Waals surface area contributed by atoms with Crippen LogP contribution in [0, 0.1) is 0 Å². The van der Waals surface area contributed by atoms with E-state index in [1.54, 1.807) is 0 Å². The lowest BCUT2D eigenvalue weighted by Gasteiger charge is -2.06. The van der Waals surface area contributed by atoms with Crippen LogP contribution < -0.4 is 5.32 Å². The van der Waals surface area contributed by atoms with Crippen LogP contribution in [0.4, 0.5) is 0 Å². The van der Waals surface area contributed by atoms with Gasteiger partial charge in [0.1, 0.15) is 0 Å². The van der Waals surface area contributed by atoms with Gasteiger partial charge in [-0.15, -0.1) is 0 Å². The van der Waals surface area contributed by atoms with Crippen molar-refractivity contribution >= 4 is 27.9 Å². The maximum atomic E-state index is 11.9. The second kappa shape index (κ2) is 7.06. The maximum Gasteiger partial charge on any atom is 0.251 e. The van der Waals surface area contributed by atoms with Gasteiger partial charge in [0.05, 0.1) is 0 Å². The molecule has 0 fully saturated rings. The highest BCUT2D eigenvalue weighted by atomic mass is 79.9. The summed E-state index contributed by atoms with van der Waals surface area (Å²) in [6.45, 7) is 2.55. The fourth-order valence-corrected chi connectivity index (χ4v) is 2.07. The number of rotatable bonds is 4. The van der Waals surface area contributed by atoms with Crippen molar-refractivity contribution < 1.29 is 4.79 Å².